The van der Waals surface area contributed by atoms with E-state index in [0.29, 0.717) is 25.1 Å². The summed E-state index contributed by atoms with van der Waals surface area (Å²) in [5.41, 5.74) is 2.54. The predicted molar refractivity (Wildman–Crippen MR) is 128 cm³/mol. The summed E-state index contributed by atoms with van der Waals surface area (Å²) in [6.07, 6.45) is 0. The van der Waals surface area contributed by atoms with Gasteiger partial charge in [0, 0.05) is 24.3 Å². The number of nitrogens with zero attached hydrogens (tertiary/aromatic N) is 5. The zero-order valence-corrected chi connectivity index (χ0v) is 19.7. The zero-order valence-electron chi connectivity index (χ0n) is 18.0. The van der Waals surface area contributed by atoms with E-state index in [1.807, 2.05) is 41.3 Å². The van der Waals surface area contributed by atoms with Gasteiger partial charge in [-0.15, -0.1) is 11.3 Å². The lowest BCUT2D eigenvalue weighted by Crippen LogP contribution is -2.44. The van der Waals surface area contributed by atoms with Crippen LogP contribution in [-0.2, 0) is 9.30 Å². The molecule has 4 aromatic rings. The van der Waals surface area contributed by atoms with Gasteiger partial charge in [0.1, 0.15) is 7.14 Å². The minimum absolute atomic E-state index is 0.184. The molecule has 0 aliphatic carbocycles. The average molecular weight is 457 g/mol. The molecule has 4 heterocycles. The number of rotatable bonds is 4. The van der Waals surface area contributed by atoms with Crippen molar-refractivity contribution in [2.24, 2.45) is 0 Å². The Morgan fingerprint density at radius 1 is 1.23 bits per heavy atom. The van der Waals surface area contributed by atoms with Crippen molar-refractivity contribution in [1.29, 1.82) is 0 Å². The van der Waals surface area contributed by atoms with E-state index in [9.17, 15) is 4.57 Å². The van der Waals surface area contributed by atoms with Gasteiger partial charge in [0.15, 0.2) is 5.82 Å². The topological polar surface area (TPSA) is 85.2 Å². The summed E-state index contributed by atoms with van der Waals surface area (Å²) in [7, 11) is -0.681. The SMILES string of the molecule is CNc1nc2ccccc2n1-c1nc(N2CCOC[C@H]2C)c2scc(P(C)(C)=O)c2n1. The second-order valence-electron chi connectivity index (χ2n) is 8.12. The zero-order chi connectivity index (χ0) is 21.8. The number of fused-ring (bicyclic) bond motifs is 2. The van der Waals surface area contributed by atoms with Crippen molar-refractivity contribution in [3.8, 4) is 5.95 Å². The van der Waals surface area contributed by atoms with Crippen molar-refractivity contribution in [3.05, 3.63) is 29.6 Å². The van der Waals surface area contributed by atoms with E-state index in [2.05, 4.69) is 22.1 Å². The number of morpholine rings is 1. The molecule has 0 radical (unpaired) electrons. The molecule has 3 aromatic heterocycles. The maximum absolute atomic E-state index is 13.1. The highest BCUT2D eigenvalue weighted by Crippen LogP contribution is 2.42. The summed E-state index contributed by atoms with van der Waals surface area (Å²) in [5, 5.41) is 5.94. The molecule has 1 aliphatic heterocycles. The highest BCUT2D eigenvalue weighted by molar-refractivity contribution is 7.71. The summed E-state index contributed by atoms with van der Waals surface area (Å²) in [6, 6.07) is 8.10. The molecule has 1 aromatic carbocycles. The third kappa shape index (κ3) is 3.41. The van der Waals surface area contributed by atoms with Gasteiger partial charge in [0.05, 0.1) is 40.5 Å². The molecule has 8 nitrogen and oxygen atoms in total. The minimum atomic E-state index is -2.52. The van der Waals surface area contributed by atoms with E-state index in [1.165, 1.54) is 0 Å². The maximum Gasteiger partial charge on any atom is 0.239 e. The number of benzene rings is 1. The third-order valence-electron chi connectivity index (χ3n) is 5.57. The van der Waals surface area contributed by atoms with E-state index in [1.54, 1.807) is 24.7 Å². The number of nitrogens with one attached hydrogen (secondary N) is 1. The number of anilines is 2. The monoisotopic (exact) mass is 456 g/mol. The van der Waals surface area contributed by atoms with Crippen LogP contribution in [0.25, 0.3) is 27.2 Å². The number of thiophene rings is 1. The molecule has 0 amide bonds. The first-order valence-electron chi connectivity index (χ1n) is 10.2. The van der Waals surface area contributed by atoms with Gasteiger partial charge in [0.25, 0.3) is 0 Å². The number of hydrogen-bond acceptors (Lipinski definition) is 8. The van der Waals surface area contributed by atoms with Crippen LogP contribution < -0.4 is 15.5 Å². The fourth-order valence-corrected chi connectivity index (χ4v) is 6.79. The first-order valence-corrected chi connectivity index (χ1v) is 13.7. The van der Waals surface area contributed by atoms with Crippen molar-refractivity contribution in [3.63, 3.8) is 0 Å². The summed E-state index contributed by atoms with van der Waals surface area (Å²) >= 11 is 1.56. The van der Waals surface area contributed by atoms with Crippen molar-refractivity contribution in [2.45, 2.75) is 13.0 Å². The highest BCUT2D eigenvalue weighted by atomic mass is 32.1. The van der Waals surface area contributed by atoms with Gasteiger partial charge in [-0.2, -0.15) is 4.98 Å². The van der Waals surface area contributed by atoms with Crippen molar-refractivity contribution in [2.75, 3.05) is 50.4 Å². The molecular formula is C21H25N6O2PS. The summed E-state index contributed by atoms with van der Waals surface area (Å²) in [6.45, 7) is 7.77. The smallest absolute Gasteiger partial charge is 0.239 e. The molecule has 0 bridgehead atoms. The normalized spacial score (nSPS) is 17.5. The van der Waals surface area contributed by atoms with E-state index >= 15 is 0 Å². The van der Waals surface area contributed by atoms with Crippen LogP contribution >= 0.6 is 18.5 Å². The number of ether oxygens (including phenoxy) is 1. The lowest BCUT2D eigenvalue weighted by molar-refractivity contribution is 0.0987. The fraction of sp³-hybridized carbons (Fsp3) is 0.381. The van der Waals surface area contributed by atoms with Gasteiger partial charge >= 0.3 is 0 Å². The van der Waals surface area contributed by atoms with E-state index in [4.69, 9.17) is 14.7 Å². The molecule has 31 heavy (non-hydrogen) atoms. The van der Waals surface area contributed by atoms with Gasteiger partial charge in [-0.25, -0.2) is 14.5 Å². The Balaban J connectivity index is 1.83. The first kappa shape index (κ1) is 20.4. The van der Waals surface area contributed by atoms with Crippen LogP contribution in [0.3, 0.4) is 0 Å². The van der Waals surface area contributed by atoms with Crippen LogP contribution in [0.2, 0.25) is 0 Å². The molecule has 1 atom stereocenters. The number of imidazole rings is 1. The molecule has 1 aliphatic rings. The Morgan fingerprint density at radius 3 is 2.77 bits per heavy atom. The second-order valence-corrected chi connectivity index (χ2v) is 12.2. The number of para-hydroxylation sites is 2. The predicted octanol–water partition coefficient (Wildman–Crippen LogP) is 3.55. The fourth-order valence-electron chi connectivity index (χ4n) is 3.99. The lowest BCUT2D eigenvalue weighted by Gasteiger charge is -2.34. The third-order valence-corrected chi connectivity index (χ3v) is 8.21. The molecule has 1 saturated heterocycles. The summed E-state index contributed by atoms with van der Waals surface area (Å²) in [4.78, 5) is 16.9. The summed E-state index contributed by atoms with van der Waals surface area (Å²) in [5.74, 6) is 2.04. The Morgan fingerprint density at radius 2 is 2.03 bits per heavy atom. The maximum atomic E-state index is 13.1. The lowest BCUT2D eigenvalue weighted by atomic mass is 10.2. The van der Waals surface area contributed by atoms with Crippen LogP contribution in [0.4, 0.5) is 11.8 Å². The van der Waals surface area contributed by atoms with Gasteiger partial charge < -0.3 is 19.5 Å². The molecule has 1 N–H and O–H groups in total. The quantitative estimate of drug-likeness (QED) is 0.470. The largest absolute Gasteiger partial charge is 0.377 e. The standard InChI is InChI=1S/C21H25N6O2PS/c1-13-11-29-10-9-26(13)19-18-17(16(12-31-18)30(3,4)28)24-21(25-19)27-15-8-6-5-7-14(15)23-20(27)22-2/h5-8,12-13H,9-11H2,1-4H3,(H,22,23)/t13-/m1/s1. The Hall–Kier alpha value is -2.48. The van der Waals surface area contributed by atoms with E-state index in [-0.39, 0.29) is 6.04 Å². The van der Waals surface area contributed by atoms with Crippen molar-refractivity contribution >= 4 is 56.8 Å². The van der Waals surface area contributed by atoms with Crippen molar-refractivity contribution in [1.82, 2.24) is 19.5 Å². The molecular weight excluding hydrogens is 431 g/mol. The molecule has 0 unspecified atom stereocenters. The molecule has 0 spiro atoms. The van der Waals surface area contributed by atoms with Crippen LogP contribution in [-0.4, -0.2) is 65.7 Å². The van der Waals surface area contributed by atoms with Gasteiger partial charge in [-0.1, -0.05) is 12.1 Å². The Kier molecular flexibility index (Phi) is 5.00. The molecule has 0 saturated carbocycles. The van der Waals surface area contributed by atoms with Gasteiger partial charge in [-0.05, 0) is 32.4 Å². The first-order chi connectivity index (χ1) is 14.9. The summed E-state index contributed by atoms with van der Waals surface area (Å²) < 4.78 is 21.6. The molecule has 10 heteroatoms. The highest BCUT2D eigenvalue weighted by Gasteiger charge is 2.28. The van der Waals surface area contributed by atoms with Gasteiger partial charge in [0.2, 0.25) is 11.9 Å². The van der Waals surface area contributed by atoms with Crippen LogP contribution in [0, 0.1) is 0 Å². The van der Waals surface area contributed by atoms with E-state index < -0.39 is 7.14 Å². The van der Waals surface area contributed by atoms with E-state index in [0.717, 1.165) is 38.9 Å². The second kappa shape index (κ2) is 7.58. The Bertz CT molecular complexity index is 1330. The number of hydrogen-bond donors (Lipinski definition) is 1. The number of aromatic nitrogens is 4. The molecule has 5 rings (SSSR count). The molecule has 162 valence electrons. The van der Waals surface area contributed by atoms with Crippen LogP contribution in [0.1, 0.15) is 6.92 Å². The minimum Gasteiger partial charge on any atom is -0.377 e. The van der Waals surface area contributed by atoms with Crippen molar-refractivity contribution < 1.29 is 9.30 Å². The Labute approximate surface area is 184 Å². The molecule has 1 fully saturated rings. The van der Waals surface area contributed by atoms with Crippen LogP contribution in [0.15, 0.2) is 29.6 Å². The van der Waals surface area contributed by atoms with Gasteiger partial charge in [-0.3, -0.25) is 0 Å². The van der Waals surface area contributed by atoms with Crippen LogP contribution in [0.5, 0.6) is 0 Å². The average Bonchev–Trinajstić information content (AvgIpc) is 3.34.